The van der Waals surface area contributed by atoms with E-state index in [0.717, 1.165) is 12.2 Å². The Labute approximate surface area is 110 Å². The van der Waals surface area contributed by atoms with Crippen LogP contribution < -0.4 is 0 Å². The number of halogens is 1. The van der Waals surface area contributed by atoms with Crippen LogP contribution in [0.4, 0.5) is 0 Å². The predicted molar refractivity (Wildman–Crippen MR) is 72.0 cm³/mol. The maximum absolute atomic E-state index is 6.08. The number of pyridine rings is 1. The summed E-state index contributed by atoms with van der Waals surface area (Å²) in [5.74, 6) is 0.904. The Kier molecular flexibility index (Phi) is 2.76. The monoisotopic (exact) mass is 257 g/mol. The molecule has 1 aromatic carbocycles. The number of rotatable bonds is 2. The van der Waals surface area contributed by atoms with Gasteiger partial charge in [-0.2, -0.15) is 0 Å². The highest BCUT2D eigenvalue weighted by Crippen LogP contribution is 2.18. The molecule has 0 aliphatic heterocycles. The highest BCUT2D eigenvalue weighted by Gasteiger charge is 2.09. The molecule has 90 valence electrons. The molecule has 0 unspecified atom stereocenters. The Morgan fingerprint density at radius 3 is 2.78 bits per heavy atom. The standard InChI is InChI=1S/C14H12ClN3/c1-10-5-2-3-6-11(10)9-13-16-17-14-12(15)7-4-8-18(13)14/h2-8H,9H2,1H3. The topological polar surface area (TPSA) is 30.2 Å². The number of fused-ring (bicyclic) bond motifs is 1. The van der Waals surface area contributed by atoms with Gasteiger partial charge >= 0.3 is 0 Å². The zero-order valence-corrected chi connectivity index (χ0v) is 10.7. The highest BCUT2D eigenvalue weighted by molar-refractivity contribution is 6.33. The van der Waals surface area contributed by atoms with Crippen LogP contribution in [0.5, 0.6) is 0 Å². The van der Waals surface area contributed by atoms with E-state index >= 15 is 0 Å². The largest absolute Gasteiger partial charge is 0.285 e. The Bertz CT molecular complexity index is 703. The second-order valence-corrected chi connectivity index (χ2v) is 4.68. The first kappa shape index (κ1) is 11.2. The number of benzene rings is 1. The van der Waals surface area contributed by atoms with Gasteiger partial charge in [-0.15, -0.1) is 10.2 Å². The number of nitrogens with zero attached hydrogens (tertiary/aromatic N) is 3. The van der Waals surface area contributed by atoms with Crippen molar-refractivity contribution >= 4 is 17.2 Å². The molecule has 0 fully saturated rings. The maximum Gasteiger partial charge on any atom is 0.179 e. The summed E-state index contributed by atoms with van der Waals surface area (Å²) < 4.78 is 1.94. The van der Waals surface area contributed by atoms with Crippen molar-refractivity contribution in [1.82, 2.24) is 14.6 Å². The molecule has 0 amide bonds. The first-order valence-electron chi connectivity index (χ1n) is 5.78. The molecule has 0 bridgehead atoms. The molecule has 2 aromatic heterocycles. The van der Waals surface area contributed by atoms with Crippen molar-refractivity contribution in [3.63, 3.8) is 0 Å². The molecule has 4 heteroatoms. The van der Waals surface area contributed by atoms with Crippen molar-refractivity contribution in [2.45, 2.75) is 13.3 Å². The van der Waals surface area contributed by atoms with E-state index in [2.05, 4.69) is 29.3 Å². The minimum absolute atomic E-state index is 0.626. The van der Waals surface area contributed by atoms with E-state index in [4.69, 9.17) is 11.6 Å². The van der Waals surface area contributed by atoms with Gasteiger partial charge in [0.1, 0.15) is 5.82 Å². The lowest BCUT2D eigenvalue weighted by atomic mass is 10.1. The molecule has 0 aliphatic rings. The van der Waals surface area contributed by atoms with Gasteiger partial charge in [0.25, 0.3) is 0 Å². The van der Waals surface area contributed by atoms with Crippen LogP contribution in [0.2, 0.25) is 5.02 Å². The minimum atomic E-state index is 0.626. The second kappa shape index (κ2) is 4.42. The Balaban J connectivity index is 2.06. The minimum Gasteiger partial charge on any atom is -0.285 e. The summed E-state index contributed by atoms with van der Waals surface area (Å²) >= 11 is 6.08. The van der Waals surface area contributed by atoms with Gasteiger partial charge < -0.3 is 0 Å². The van der Waals surface area contributed by atoms with Crippen molar-refractivity contribution < 1.29 is 0 Å². The highest BCUT2D eigenvalue weighted by atomic mass is 35.5. The van der Waals surface area contributed by atoms with Gasteiger partial charge in [-0.05, 0) is 30.2 Å². The lowest BCUT2D eigenvalue weighted by Gasteiger charge is -2.04. The van der Waals surface area contributed by atoms with Crippen molar-refractivity contribution in [3.05, 3.63) is 64.6 Å². The molecule has 3 rings (SSSR count). The molecule has 2 heterocycles. The SMILES string of the molecule is Cc1ccccc1Cc1nnc2c(Cl)cccn12. The molecule has 0 spiro atoms. The third kappa shape index (κ3) is 1.87. The van der Waals surface area contributed by atoms with E-state index in [1.807, 2.05) is 34.9 Å². The fourth-order valence-electron chi connectivity index (χ4n) is 2.03. The predicted octanol–water partition coefficient (Wildman–Crippen LogP) is 3.28. The molecule has 3 aromatic rings. The van der Waals surface area contributed by atoms with Crippen molar-refractivity contribution in [2.24, 2.45) is 0 Å². The molecular formula is C14H12ClN3. The average molecular weight is 258 g/mol. The van der Waals surface area contributed by atoms with Crippen LogP contribution in [0.1, 0.15) is 17.0 Å². The summed E-state index contributed by atoms with van der Waals surface area (Å²) in [6.07, 6.45) is 2.70. The van der Waals surface area contributed by atoms with Crippen molar-refractivity contribution in [3.8, 4) is 0 Å². The van der Waals surface area contributed by atoms with Gasteiger partial charge in [-0.1, -0.05) is 35.9 Å². The third-order valence-electron chi connectivity index (χ3n) is 3.07. The Morgan fingerprint density at radius 1 is 1.11 bits per heavy atom. The molecule has 0 aliphatic carbocycles. The lowest BCUT2D eigenvalue weighted by Crippen LogP contribution is -1.97. The van der Waals surface area contributed by atoms with E-state index in [1.54, 1.807) is 0 Å². The van der Waals surface area contributed by atoms with Crippen LogP contribution in [0.3, 0.4) is 0 Å². The Morgan fingerprint density at radius 2 is 1.94 bits per heavy atom. The summed E-state index contributed by atoms with van der Waals surface area (Å²) in [6, 6.07) is 12.0. The summed E-state index contributed by atoms with van der Waals surface area (Å²) in [7, 11) is 0. The van der Waals surface area contributed by atoms with Crippen LogP contribution >= 0.6 is 11.6 Å². The fourth-order valence-corrected chi connectivity index (χ4v) is 2.23. The van der Waals surface area contributed by atoms with Gasteiger partial charge in [0.05, 0.1) is 5.02 Å². The molecular weight excluding hydrogens is 246 g/mol. The molecule has 0 saturated carbocycles. The van der Waals surface area contributed by atoms with Crippen molar-refractivity contribution in [1.29, 1.82) is 0 Å². The first-order valence-corrected chi connectivity index (χ1v) is 6.16. The van der Waals surface area contributed by atoms with Crippen LogP contribution in [-0.4, -0.2) is 14.6 Å². The van der Waals surface area contributed by atoms with Crippen LogP contribution in [-0.2, 0) is 6.42 Å². The normalized spacial score (nSPS) is 11.0. The first-order chi connectivity index (χ1) is 8.75. The van der Waals surface area contributed by atoms with Crippen LogP contribution in [0, 0.1) is 6.92 Å². The van der Waals surface area contributed by atoms with Crippen LogP contribution in [0.15, 0.2) is 42.6 Å². The zero-order chi connectivity index (χ0) is 12.5. The Hall–Kier alpha value is -1.87. The van der Waals surface area contributed by atoms with Crippen LogP contribution in [0.25, 0.3) is 5.65 Å². The average Bonchev–Trinajstić information content (AvgIpc) is 2.77. The zero-order valence-electron chi connectivity index (χ0n) is 9.97. The number of aryl methyl sites for hydroxylation is 1. The third-order valence-corrected chi connectivity index (χ3v) is 3.36. The van der Waals surface area contributed by atoms with Gasteiger partial charge in [-0.3, -0.25) is 4.40 Å². The summed E-state index contributed by atoms with van der Waals surface area (Å²) in [5, 5.41) is 8.97. The second-order valence-electron chi connectivity index (χ2n) is 4.27. The molecule has 0 radical (unpaired) electrons. The van der Waals surface area contributed by atoms with Gasteiger partial charge in [0, 0.05) is 12.6 Å². The van der Waals surface area contributed by atoms with E-state index in [1.165, 1.54) is 11.1 Å². The van der Waals surface area contributed by atoms with E-state index in [-0.39, 0.29) is 0 Å². The summed E-state index contributed by atoms with van der Waals surface area (Å²) in [5.41, 5.74) is 3.23. The van der Waals surface area contributed by atoms with E-state index < -0.39 is 0 Å². The van der Waals surface area contributed by atoms with Crippen molar-refractivity contribution in [2.75, 3.05) is 0 Å². The maximum atomic E-state index is 6.08. The number of aromatic nitrogens is 3. The van der Waals surface area contributed by atoms with Gasteiger partial charge in [-0.25, -0.2) is 0 Å². The molecule has 3 nitrogen and oxygen atoms in total. The van der Waals surface area contributed by atoms with Gasteiger partial charge in [0.15, 0.2) is 5.65 Å². The summed E-state index contributed by atoms with van der Waals surface area (Å²) in [4.78, 5) is 0. The smallest absolute Gasteiger partial charge is 0.179 e. The quantitative estimate of drug-likeness (QED) is 0.705. The van der Waals surface area contributed by atoms with E-state index in [0.29, 0.717) is 10.7 Å². The van der Waals surface area contributed by atoms with E-state index in [9.17, 15) is 0 Å². The number of hydrogen-bond donors (Lipinski definition) is 0. The summed E-state index contributed by atoms with van der Waals surface area (Å²) in [6.45, 7) is 2.10. The van der Waals surface area contributed by atoms with Gasteiger partial charge in [0.2, 0.25) is 0 Å². The molecule has 0 atom stereocenters. The number of hydrogen-bond acceptors (Lipinski definition) is 2. The molecule has 0 N–H and O–H groups in total. The lowest BCUT2D eigenvalue weighted by molar-refractivity contribution is 0.929. The molecule has 0 saturated heterocycles. The molecule has 18 heavy (non-hydrogen) atoms. The fraction of sp³-hybridized carbons (Fsp3) is 0.143.